The van der Waals surface area contributed by atoms with Crippen molar-refractivity contribution in [3.05, 3.63) is 33.9 Å². The van der Waals surface area contributed by atoms with Crippen LogP contribution in [0.1, 0.15) is 34.1 Å². The van der Waals surface area contributed by atoms with Crippen molar-refractivity contribution >= 4 is 11.9 Å². The Bertz CT molecular complexity index is 721. The fourth-order valence-electron chi connectivity index (χ4n) is 3.75. The summed E-state index contributed by atoms with van der Waals surface area (Å²) in [5, 5.41) is 0. The molecule has 0 saturated heterocycles. The SMILES string of the molecule is CCN1C(C)=C(C(=O)OCCOC)C(C2=C(C)CCOO2)C(C(=O)OCCOC)=C1C. The van der Waals surface area contributed by atoms with E-state index in [4.69, 9.17) is 28.7 Å². The number of hydrogen-bond donors (Lipinski definition) is 0. The van der Waals surface area contributed by atoms with Gasteiger partial charge in [0, 0.05) is 32.2 Å². The molecule has 9 heteroatoms. The van der Waals surface area contributed by atoms with Gasteiger partial charge in [-0.25, -0.2) is 9.59 Å². The minimum absolute atomic E-state index is 0.0939. The predicted octanol–water partition coefficient (Wildman–Crippen LogP) is 2.49. The summed E-state index contributed by atoms with van der Waals surface area (Å²) in [5.41, 5.74) is 2.92. The molecule has 2 aliphatic heterocycles. The maximum Gasteiger partial charge on any atom is 0.336 e. The number of rotatable bonds is 10. The van der Waals surface area contributed by atoms with E-state index in [0.29, 0.717) is 47.9 Å². The van der Waals surface area contributed by atoms with Crippen LogP contribution < -0.4 is 0 Å². The van der Waals surface area contributed by atoms with Crippen LogP contribution in [0.4, 0.5) is 0 Å². The first kappa shape index (κ1) is 24.9. The quantitative estimate of drug-likeness (QED) is 0.289. The molecule has 2 aliphatic rings. The second-order valence-corrected chi connectivity index (χ2v) is 7.23. The summed E-state index contributed by atoms with van der Waals surface area (Å²) in [4.78, 5) is 39.0. The second kappa shape index (κ2) is 11.9. The molecule has 9 nitrogen and oxygen atoms in total. The maximum atomic E-state index is 13.2. The molecule has 0 radical (unpaired) electrons. The van der Waals surface area contributed by atoms with E-state index in [-0.39, 0.29) is 26.4 Å². The normalized spacial score (nSPS) is 17.8. The Balaban J connectivity index is 2.58. The fraction of sp³-hybridized carbons (Fsp3) is 0.636. The Kier molecular flexibility index (Phi) is 9.54. The van der Waals surface area contributed by atoms with Crippen LogP contribution in [-0.2, 0) is 38.3 Å². The molecular weight excluding hydrogens is 406 g/mol. The van der Waals surface area contributed by atoms with Crippen LogP contribution in [0.2, 0.25) is 0 Å². The molecule has 0 aromatic rings. The van der Waals surface area contributed by atoms with Crippen molar-refractivity contribution in [2.45, 2.75) is 34.1 Å². The Morgan fingerprint density at radius 1 is 0.935 bits per heavy atom. The number of carbonyl (C=O) groups is 2. The molecule has 0 fully saturated rings. The molecule has 0 aromatic heterocycles. The summed E-state index contributed by atoms with van der Waals surface area (Å²) in [6.07, 6.45) is 0.624. The van der Waals surface area contributed by atoms with E-state index in [0.717, 1.165) is 5.57 Å². The van der Waals surface area contributed by atoms with Gasteiger partial charge in [-0.2, -0.15) is 4.89 Å². The van der Waals surface area contributed by atoms with Crippen LogP contribution >= 0.6 is 0 Å². The Labute approximate surface area is 183 Å². The van der Waals surface area contributed by atoms with Gasteiger partial charge in [0.25, 0.3) is 0 Å². The zero-order valence-electron chi connectivity index (χ0n) is 19.2. The zero-order chi connectivity index (χ0) is 23.0. The van der Waals surface area contributed by atoms with Crippen molar-refractivity contribution in [1.82, 2.24) is 4.90 Å². The molecule has 0 bridgehead atoms. The van der Waals surface area contributed by atoms with Crippen LogP contribution in [0.15, 0.2) is 33.9 Å². The van der Waals surface area contributed by atoms with Gasteiger partial charge in [0.15, 0.2) is 5.76 Å². The molecule has 31 heavy (non-hydrogen) atoms. The Hall–Kier alpha value is -2.36. The predicted molar refractivity (Wildman–Crippen MR) is 111 cm³/mol. The van der Waals surface area contributed by atoms with E-state index in [1.807, 2.05) is 32.6 Å². The molecule has 2 rings (SSSR count). The first-order valence-electron chi connectivity index (χ1n) is 10.4. The molecule has 0 aliphatic carbocycles. The van der Waals surface area contributed by atoms with Gasteiger partial charge in [-0.1, -0.05) is 0 Å². The van der Waals surface area contributed by atoms with Gasteiger partial charge in [0.2, 0.25) is 0 Å². The van der Waals surface area contributed by atoms with E-state index in [1.54, 1.807) is 0 Å². The van der Waals surface area contributed by atoms with Crippen molar-refractivity contribution in [2.75, 3.05) is 53.8 Å². The third kappa shape index (κ3) is 5.66. The van der Waals surface area contributed by atoms with Crippen molar-refractivity contribution < 1.29 is 38.3 Å². The number of esters is 2. The number of ether oxygens (including phenoxy) is 4. The molecule has 0 spiro atoms. The van der Waals surface area contributed by atoms with Gasteiger partial charge < -0.3 is 28.7 Å². The molecule has 0 unspecified atom stereocenters. The number of carbonyl (C=O) groups excluding carboxylic acids is 2. The Morgan fingerprint density at radius 2 is 1.45 bits per heavy atom. The summed E-state index contributed by atoms with van der Waals surface area (Å²) in [6.45, 7) is 9.19. The van der Waals surface area contributed by atoms with Gasteiger partial charge in [0.05, 0.1) is 36.9 Å². The van der Waals surface area contributed by atoms with Crippen LogP contribution in [0.25, 0.3) is 0 Å². The largest absolute Gasteiger partial charge is 0.460 e. The lowest BCUT2D eigenvalue weighted by Gasteiger charge is -2.38. The lowest BCUT2D eigenvalue weighted by atomic mass is 9.81. The second-order valence-electron chi connectivity index (χ2n) is 7.23. The summed E-state index contributed by atoms with van der Waals surface area (Å²) in [7, 11) is 3.06. The highest BCUT2D eigenvalue weighted by atomic mass is 17.2. The number of hydrogen-bond acceptors (Lipinski definition) is 9. The molecule has 0 N–H and O–H groups in total. The summed E-state index contributed by atoms with van der Waals surface area (Å²) >= 11 is 0. The van der Waals surface area contributed by atoms with Gasteiger partial charge in [-0.3, -0.25) is 0 Å². The van der Waals surface area contributed by atoms with E-state index in [2.05, 4.69) is 0 Å². The van der Waals surface area contributed by atoms with E-state index < -0.39 is 17.9 Å². The van der Waals surface area contributed by atoms with Crippen LogP contribution in [-0.4, -0.2) is 70.6 Å². The third-order valence-corrected chi connectivity index (χ3v) is 5.36. The Morgan fingerprint density at radius 3 is 1.87 bits per heavy atom. The summed E-state index contributed by atoms with van der Waals surface area (Å²) in [5.74, 6) is -1.46. The van der Waals surface area contributed by atoms with Crippen LogP contribution in [0, 0.1) is 5.92 Å². The molecule has 0 amide bonds. The number of nitrogens with zero attached hydrogens (tertiary/aromatic N) is 1. The number of methoxy groups -OCH3 is 2. The van der Waals surface area contributed by atoms with Crippen molar-refractivity contribution in [3.8, 4) is 0 Å². The van der Waals surface area contributed by atoms with Crippen LogP contribution in [0.3, 0.4) is 0 Å². The lowest BCUT2D eigenvalue weighted by molar-refractivity contribution is -0.275. The lowest BCUT2D eigenvalue weighted by Crippen LogP contribution is -2.38. The standard InChI is InChI=1S/C22H33NO8/c1-7-23-15(3)17(21(24)28-12-10-26-5)19(20-14(2)8-9-30-31-20)18(16(23)4)22(25)29-13-11-27-6/h19H,7-13H2,1-6H3. The van der Waals surface area contributed by atoms with Crippen LogP contribution in [0.5, 0.6) is 0 Å². The smallest absolute Gasteiger partial charge is 0.336 e. The van der Waals surface area contributed by atoms with E-state index in [9.17, 15) is 9.59 Å². The molecule has 174 valence electrons. The number of allylic oxidation sites excluding steroid dienone is 3. The minimum atomic E-state index is -0.798. The molecule has 0 atom stereocenters. The first-order chi connectivity index (χ1) is 14.9. The average Bonchev–Trinajstić information content (AvgIpc) is 2.74. The van der Waals surface area contributed by atoms with Gasteiger partial charge in [-0.05, 0) is 39.7 Å². The zero-order valence-corrected chi connectivity index (χ0v) is 19.2. The summed E-state index contributed by atoms with van der Waals surface area (Å²) < 4.78 is 20.9. The van der Waals surface area contributed by atoms with E-state index >= 15 is 0 Å². The minimum Gasteiger partial charge on any atom is -0.460 e. The van der Waals surface area contributed by atoms with E-state index in [1.165, 1.54) is 14.2 Å². The van der Waals surface area contributed by atoms with Crippen molar-refractivity contribution in [2.24, 2.45) is 5.92 Å². The van der Waals surface area contributed by atoms with Gasteiger partial charge >= 0.3 is 11.9 Å². The van der Waals surface area contributed by atoms with Crippen molar-refractivity contribution in [3.63, 3.8) is 0 Å². The maximum absolute atomic E-state index is 13.2. The van der Waals surface area contributed by atoms with Crippen molar-refractivity contribution in [1.29, 1.82) is 0 Å². The average molecular weight is 440 g/mol. The fourth-order valence-corrected chi connectivity index (χ4v) is 3.75. The molecule has 2 heterocycles. The molecular formula is C22H33NO8. The topological polar surface area (TPSA) is 92.8 Å². The highest BCUT2D eigenvalue weighted by molar-refractivity contribution is 5.98. The monoisotopic (exact) mass is 439 g/mol. The van der Waals surface area contributed by atoms with Gasteiger partial charge in [0.1, 0.15) is 13.2 Å². The molecule has 0 aromatic carbocycles. The third-order valence-electron chi connectivity index (χ3n) is 5.36. The highest BCUT2D eigenvalue weighted by Crippen LogP contribution is 2.43. The van der Waals surface area contributed by atoms with Gasteiger partial charge in [-0.15, -0.1) is 0 Å². The molecule has 0 saturated carbocycles. The highest BCUT2D eigenvalue weighted by Gasteiger charge is 2.44. The summed E-state index contributed by atoms with van der Waals surface area (Å²) in [6, 6.07) is 0. The first-order valence-corrected chi connectivity index (χ1v) is 10.4.